The molecule has 0 saturated carbocycles. The molecule has 1 aromatic heterocycles. The zero-order valence-electron chi connectivity index (χ0n) is 11.4. The van der Waals surface area contributed by atoms with Gasteiger partial charge in [0.05, 0.1) is 23.0 Å². The highest BCUT2D eigenvalue weighted by Gasteiger charge is 2.40. The molecule has 0 unspecified atom stereocenters. The Bertz CT molecular complexity index is 712. The quantitative estimate of drug-likeness (QED) is 0.906. The van der Waals surface area contributed by atoms with Crippen molar-refractivity contribution in [1.29, 1.82) is 0 Å². The number of hydrogen-bond donors (Lipinski definition) is 1. The summed E-state index contributed by atoms with van der Waals surface area (Å²) in [5.41, 5.74) is 0.541. The van der Waals surface area contributed by atoms with Gasteiger partial charge < -0.3 is 0 Å². The van der Waals surface area contributed by atoms with Gasteiger partial charge in [0.2, 0.25) is 10.0 Å². The summed E-state index contributed by atoms with van der Waals surface area (Å²) in [6, 6.07) is 3.16. The summed E-state index contributed by atoms with van der Waals surface area (Å²) in [6.45, 7) is 1.26. The normalized spacial score (nSPS) is 14.0. The van der Waals surface area contributed by atoms with Crippen LogP contribution in [0.15, 0.2) is 41.6 Å². The van der Waals surface area contributed by atoms with Gasteiger partial charge in [-0.1, -0.05) is 12.1 Å². The maximum Gasteiger partial charge on any atom is 0.404 e. The van der Waals surface area contributed by atoms with Gasteiger partial charge in [-0.3, -0.25) is 0 Å². The fourth-order valence-electron chi connectivity index (χ4n) is 1.76. The molecule has 0 aliphatic carbocycles. The number of nitrogens with zero attached hydrogens (tertiary/aromatic N) is 3. The van der Waals surface area contributed by atoms with E-state index in [9.17, 15) is 21.6 Å². The highest BCUT2D eigenvalue weighted by molar-refractivity contribution is 7.89. The Morgan fingerprint density at radius 2 is 1.91 bits per heavy atom. The molecule has 0 spiro atoms. The Balaban J connectivity index is 2.23. The maximum absolute atomic E-state index is 12.7. The fourth-order valence-corrected chi connectivity index (χ4v) is 3.07. The van der Waals surface area contributed by atoms with Crippen molar-refractivity contribution in [2.75, 3.05) is 0 Å². The van der Waals surface area contributed by atoms with E-state index < -0.39 is 22.2 Å². The van der Waals surface area contributed by atoms with Gasteiger partial charge in [0.1, 0.15) is 6.04 Å². The van der Waals surface area contributed by atoms with Crippen LogP contribution >= 0.6 is 0 Å². The largest absolute Gasteiger partial charge is 0.404 e. The Labute approximate surface area is 125 Å². The Hall–Kier alpha value is -1.94. The lowest BCUT2D eigenvalue weighted by atomic mass is 10.2. The first-order chi connectivity index (χ1) is 10.2. The number of aromatic nitrogens is 3. The van der Waals surface area contributed by atoms with Crippen LogP contribution < -0.4 is 4.72 Å². The van der Waals surface area contributed by atoms with E-state index in [1.165, 1.54) is 42.1 Å². The van der Waals surface area contributed by atoms with Crippen LogP contribution in [0.5, 0.6) is 0 Å². The third kappa shape index (κ3) is 3.63. The summed E-state index contributed by atoms with van der Waals surface area (Å²) in [6.07, 6.45) is -2.03. The van der Waals surface area contributed by atoms with Crippen molar-refractivity contribution in [3.05, 3.63) is 36.7 Å². The van der Waals surface area contributed by atoms with Crippen molar-refractivity contribution in [2.45, 2.75) is 30.5 Å². The lowest BCUT2D eigenvalue weighted by Crippen LogP contribution is -2.44. The van der Waals surface area contributed by atoms with Gasteiger partial charge in [-0.15, -0.1) is 5.10 Å². The van der Waals surface area contributed by atoms with Crippen molar-refractivity contribution in [3.63, 3.8) is 0 Å². The molecule has 0 radical (unpaired) electrons. The van der Waals surface area contributed by atoms with Crippen LogP contribution in [0.2, 0.25) is 0 Å². The molecule has 2 aromatic rings. The van der Waals surface area contributed by atoms with Crippen molar-refractivity contribution >= 4 is 10.0 Å². The number of alkyl halides is 3. The van der Waals surface area contributed by atoms with Crippen molar-refractivity contribution in [3.8, 4) is 5.69 Å². The molecular weight excluding hydrogens is 321 g/mol. The number of halogens is 3. The van der Waals surface area contributed by atoms with Crippen LogP contribution in [-0.2, 0) is 10.0 Å². The Kier molecular flexibility index (Phi) is 4.52. The first-order valence-electron chi connectivity index (χ1n) is 6.30. The van der Waals surface area contributed by atoms with Gasteiger partial charge in [-0.05, 0) is 30.7 Å². The van der Waals surface area contributed by atoms with Gasteiger partial charge in [-0.25, -0.2) is 13.1 Å². The topological polar surface area (TPSA) is 76.9 Å². The van der Waals surface area contributed by atoms with Crippen molar-refractivity contribution < 1.29 is 21.6 Å². The SMILES string of the molecule is CC[C@H](NS(=O)(=O)c1ccc(-n2ccnn2)cc1)C(F)(F)F. The molecule has 0 saturated heterocycles. The molecule has 2 rings (SSSR count). The summed E-state index contributed by atoms with van der Waals surface area (Å²) >= 11 is 0. The van der Waals surface area contributed by atoms with Gasteiger partial charge in [-0.2, -0.15) is 17.9 Å². The second-order valence-corrected chi connectivity index (χ2v) is 6.18. The molecule has 10 heteroatoms. The molecule has 0 amide bonds. The minimum Gasteiger partial charge on any atom is -0.221 e. The highest BCUT2D eigenvalue weighted by atomic mass is 32.2. The minimum absolute atomic E-state index is 0.251. The van der Waals surface area contributed by atoms with Crippen LogP contribution in [0.25, 0.3) is 5.69 Å². The number of rotatable bonds is 5. The zero-order valence-corrected chi connectivity index (χ0v) is 12.3. The summed E-state index contributed by atoms with van der Waals surface area (Å²) in [7, 11) is -4.26. The molecule has 0 bridgehead atoms. The third-order valence-electron chi connectivity index (χ3n) is 2.93. The predicted octanol–water partition coefficient (Wildman–Crippen LogP) is 1.89. The number of nitrogens with one attached hydrogen (secondary N) is 1. The van der Waals surface area contributed by atoms with Gasteiger partial charge in [0.25, 0.3) is 0 Å². The smallest absolute Gasteiger partial charge is 0.221 e. The number of hydrogen-bond acceptors (Lipinski definition) is 4. The van der Waals surface area contributed by atoms with E-state index >= 15 is 0 Å². The van der Waals surface area contributed by atoms with Crippen LogP contribution in [0.3, 0.4) is 0 Å². The van der Waals surface area contributed by atoms with Gasteiger partial charge >= 0.3 is 6.18 Å². The van der Waals surface area contributed by atoms with E-state index in [1.807, 2.05) is 0 Å². The molecule has 0 aliphatic heterocycles. The standard InChI is InChI=1S/C12H13F3N4O2S/c1-2-11(12(13,14)15)17-22(20,21)10-5-3-9(4-6-10)19-8-7-16-18-19/h3-8,11,17H,2H2,1H3/t11-/m0/s1. The third-order valence-corrected chi connectivity index (χ3v) is 4.42. The Morgan fingerprint density at radius 3 is 2.36 bits per heavy atom. The molecule has 1 heterocycles. The molecule has 22 heavy (non-hydrogen) atoms. The minimum atomic E-state index is -4.64. The average Bonchev–Trinajstić information content (AvgIpc) is 2.98. The zero-order chi connectivity index (χ0) is 16.4. The first-order valence-corrected chi connectivity index (χ1v) is 7.78. The lowest BCUT2D eigenvalue weighted by Gasteiger charge is -2.20. The molecule has 0 aliphatic rings. The number of benzene rings is 1. The molecule has 6 nitrogen and oxygen atoms in total. The molecule has 1 N–H and O–H groups in total. The molecule has 0 fully saturated rings. The van der Waals surface area contributed by atoms with Crippen molar-refractivity contribution in [1.82, 2.24) is 19.7 Å². The van der Waals surface area contributed by atoms with Crippen LogP contribution in [0.4, 0.5) is 13.2 Å². The van der Waals surface area contributed by atoms with E-state index in [1.54, 1.807) is 10.9 Å². The van der Waals surface area contributed by atoms with E-state index in [4.69, 9.17) is 0 Å². The lowest BCUT2D eigenvalue weighted by molar-refractivity contribution is -0.151. The van der Waals surface area contributed by atoms with Crippen molar-refractivity contribution in [2.24, 2.45) is 0 Å². The summed E-state index contributed by atoms with van der Waals surface area (Å²) < 4.78 is 65.1. The van der Waals surface area contributed by atoms with E-state index in [0.29, 0.717) is 5.69 Å². The number of sulfonamides is 1. The average molecular weight is 334 g/mol. The second-order valence-electron chi connectivity index (χ2n) is 4.47. The molecule has 1 aromatic carbocycles. The maximum atomic E-state index is 12.7. The summed E-state index contributed by atoms with van der Waals surface area (Å²) in [5, 5.41) is 7.33. The molecular formula is C12H13F3N4O2S. The fraction of sp³-hybridized carbons (Fsp3) is 0.333. The predicted molar refractivity (Wildman–Crippen MR) is 71.8 cm³/mol. The Morgan fingerprint density at radius 1 is 1.27 bits per heavy atom. The van der Waals surface area contributed by atoms with Crippen LogP contribution in [-0.4, -0.2) is 35.6 Å². The second kappa shape index (κ2) is 6.05. The highest BCUT2D eigenvalue weighted by Crippen LogP contribution is 2.24. The first kappa shape index (κ1) is 16.4. The molecule has 1 atom stereocenters. The summed E-state index contributed by atoms with van der Waals surface area (Å²) in [4.78, 5) is -0.251. The van der Waals surface area contributed by atoms with E-state index in [0.717, 1.165) is 0 Å². The summed E-state index contributed by atoms with van der Waals surface area (Å²) in [5.74, 6) is 0. The van der Waals surface area contributed by atoms with Crippen LogP contribution in [0.1, 0.15) is 13.3 Å². The van der Waals surface area contributed by atoms with E-state index in [2.05, 4.69) is 10.3 Å². The monoisotopic (exact) mass is 334 g/mol. The van der Waals surface area contributed by atoms with Gasteiger partial charge in [0.15, 0.2) is 0 Å². The van der Waals surface area contributed by atoms with E-state index in [-0.39, 0.29) is 11.3 Å². The van der Waals surface area contributed by atoms with Crippen LogP contribution in [0, 0.1) is 0 Å². The van der Waals surface area contributed by atoms with Gasteiger partial charge in [0, 0.05) is 0 Å². The molecule has 120 valence electrons.